The van der Waals surface area contributed by atoms with E-state index in [-0.39, 0.29) is 51.4 Å². The van der Waals surface area contributed by atoms with Crippen molar-refractivity contribution in [3.8, 4) is 0 Å². The normalized spacial score (nSPS) is 6.57. The molecule has 0 saturated carbocycles. The van der Waals surface area contributed by atoms with Gasteiger partial charge in [-0.1, -0.05) is 11.8 Å². The van der Waals surface area contributed by atoms with Crippen molar-refractivity contribution in [2.24, 2.45) is 0 Å². The van der Waals surface area contributed by atoms with Crippen molar-refractivity contribution in [3.05, 3.63) is 0 Å². The van der Waals surface area contributed by atoms with E-state index in [1.165, 1.54) is 11.8 Å². The molecular formula is C3H6KOS2. The van der Waals surface area contributed by atoms with Gasteiger partial charge >= 0.3 is 0 Å². The second-order valence-electron chi connectivity index (χ2n) is 0.658. The zero-order chi connectivity index (χ0) is 4.99. The summed E-state index contributed by atoms with van der Waals surface area (Å²) in [5.74, 6) is 0. The summed E-state index contributed by atoms with van der Waals surface area (Å²) >= 11 is 6.03. The van der Waals surface area contributed by atoms with Crippen LogP contribution < -0.4 is 0 Å². The quantitative estimate of drug-likeness (QED) is 0.386. The van der Waals surface area contributed by atoms with E-state index in [4.69, 9.17) is 0 Å². The molecule has 1 radical (unpaired) electrons. The summed E-state index contributed by atoms with van der Waals surface area (Å²) in [5.41, 5.74) is 0. The molecule has 0 spiro atoms. The van der Waals surface area contributed by atoms with Gasteiger partial charge in [-0.25, -0.2) is 0 Å². The van der Waals surface area contributed by atoms with Gasteiger partial charge in [-0.15, -0.1) is 0 Å². The minimum atomic E-state index is 0. The van der Waals surface area contributed by atoms with Gasteiger partial charge in [0.05, 0.1) is 7.11 Å². The van der Waals surface area contributed by atoms with Crippen molar-refractivity contribution < 1.29 is 4.74 Å². The number of thiocarbonyl (C=S) groups is 1. The number of rotatable bonds is 0. The maximum atomic E-state index is 4.60. The monoisotopic (exact) mass is 161 g/mol. The van der Waals surface area contributed by atoms with E-state index in [1.807, 2.05) is 6.26 Å². The SMILES string of the molecule is COC(=S)SC.[K]. The smallest absolute Gasteiger partial charge is 0.219 e. The topological polar surface area (TPSA) is 9.23 Å². The average molecular weight is 161 g/mol. The first-order chi connectivity index (χ1) is 2.81. The maximum Gasteiger partial charge on any atom is 0.219 e. The van der Waals surface area contributed by atoms with E-state index < -0.39 is 0 Å². The molecule has 7 heavy (non-hydrogen) atoms. The summed E-state index contributed by atoms with van der Waals surface area (Å²) in [6.07, 6.45) is 1.88. The Labute approximate surface area is 96.0 Å². The minimum absolute atomic E-state index is 0. The maximum absolute atomic E-state index is 4.60. The molecule has 0 amide bonds. The number of methoxy groups -OCH3 is 1. The van der Waals surface area contributed by atoms with Gasteiger partial charge in [-0.3, -0.25) is 0 Å². The second kappa shape index (κ2) is 7.88. The Morgan fingerprint density at radius 1 is 1.71 bits per heavy atom. The molecule has 0 aliphatic rings. The van der Waals surface area contributed by atoms with E-state index >= 15 is 0 Å². The van der Waals surface area contributed by atoms with Crippen LogP contribution in [0.1, 0.15) is 0 Å². The Balaban J connectivity index is 0. The van der Waals surface area contributed by atoms with Gasteiger partial charge in [0.2, 0.25) is 4.38 Å². The van der Waals surface area contributed by atoms with Gasteiger partial charge in [0, 0.05) is 51.4 Å². The van der Waals surface area contributed by atoms with Crippen LogP contribution in [-0.2, 0) is 4.74 Å². The van der Waals surface area contributed by atoms with Gasteiger partial charge in [-0.05, 0) is 18.5 Å². The first-order valence-corrected chi connectivity index (χ1v) is 3.06. The fourth-order valence-electron chi connectivity index (χ4n) is 0.0833. The summed E-state index contributed by atoms with van der Waals surface area (Å²) in [5, 5.41) is 0. The Hall–Kier alpha value is 1.88. The number of thioether (sulfide) groups is 1. The van der Waals surface area contributed by atoms with Gasteiger partial charge in [0.1, 0.15) is 0 Å². The van der Waals surface area contributed by atoms with E-state index in [1.54, 1.807) is 7.11 Å². The van der Waals surface area contributed by atoms with Crippen molar-refractivity contribution in [1.29, 1.82) is 0 Å². The van der Waals surface area contributed by atoms with Gasteiger partial charge in [0.25, 0.3) is 0 Å². The molecule has 1 nitrogen and oxygen atoms in total. The summed E-state index contributed by atoms with van der Waals surface area (Å²) in [6.45, 7) is 0. The van der Waals surface area contributed by atoms with Gasteiger partial charge in [-0.2, -0.15) is 0 Å². The van der Waals surface area contributed by atoms with E-state index in [0.29, 0.717) is 4.38 Å². The van der Waals surface area contributed by atoms with Gasteiger partial charge < -0.3 is 4.74 Å². The molecule has 0 saturated heterocycles. The summed E-state index contributed by atoms with van der Waals surface area (Å²) in [6, 6.07) is 0. The van der Waals surface area contributed by atoms with Crippen LogP contribution in [0.25, 0.3) is 0 Å². The minimum Gasteiger partial charge on any atom is -0.482 e. The third-order valence-corrected chi connectivity index (χ3v) is 1.50. The standard InChI is InChI=1S/C3H6OS2.K/c1-4-3(5)6-2;/h1-2H3;. The van der Waals surface area contributed by atoms with Crippen LogP contribution in [-0.4, -0.2) is 69.1 Å². The Bertz CT molecular complexity index is 50.9. The predicted octanol–water partition coefficient (Wildman–Crippen LogP) is 0.900. The van der Waals surface area contributed by atoms with Crippen molar-refractivity contribution >= 4 is 79.7 Å². The Kier molecular flexibility index (Phi) is 13.1. The van der Waals surface area contributed by atoms with Crippen LogP contribution in [0.3, 0.4) is 0 Å². The molecule has 0 N–H and O–H groups in total. The zero-order valence-corrected chi connectivity index (χ0v) is 9.48. The molecule has 0 aromatic carbocycles. The Morgan fingerprint density at radius 3 is 2.14 bits per heavy atom. The van der Waals surface area contributed by atoms with E-state index in [2.05, 4.69) is 17.0 Å². The summed E-state index contributed by atoms with van der Waals surface area (Å²) in [7, 11) is 1.57. The van der Waals surface area contributed by atoms with Crippen molar-refractivity contribution in [1.82, 2.24) is 0 Å². The van der Waals surface area contributed by atoms with Crippen molar-refractivity contribution in [3.63, 3.8) is 0 Å². The van der Waals surface area contributed by atoms with Crippen LogP contribution in [0, 0.1) is 0 Å². The molecule has 0 unspecified atom stereocenters. The fourth-order valence-corrected chi connectivity index (χ4v) is 0.250. The van der Waals surface area contributed by atoms with E-state index in [9.17, 15) is 0 Å². The second-order valence-corrected chi connectivity index (χ2v) is 2.07. The predicted molar refractivity (Wildman–Crippen MR) is 38.9 cm³/mol. The molecule has 37 valence electrons. The number of ether oxygens (including phenoxy) is 1. The third-order valence-electron chi connectivity index (χ3n) is 0.333. The molecule has 4 heteroatoms. The average Bonchev–Trinajstić information content (AvgIpc) is 1.65. The van der Waals surface area contributed by atoms with Crippen LogP contribution in [0.15, 0.2) is 0 Å². The molecule has 0 aliphatic heterocycles. The molecule has 0 bridgehead atoms. The van der Waals surface area contributed by atoms with Gasteiger partial charge in [0.15, 0.2) is 0 Å². The van der Waals surface area contributed by atoms with Crippen LogP contribution in [0.2, 0.25) is 0 Å². The number of hydrogen-bond donors (Lipinski definition) is 0. The third kappa shape index (κ3) is 7.88. The van der Waals surface area contributed by atoms with Crippen LogP contribution >= 0.6 is 24.0 Å². The largest absolute Gasteiger partial charge is 0.482 e. The van der Waals surface area contributed by atoms with E-state index in [0.717, 1.165) is 0 Å². The van der Waals surface area contributed by atoms with Crippen molar-refractivity contribution in [2.45, 2.75) is 0 Å². The number of hydrogen-bond acceptors (Lipinski definition) is 3. The first kappa shape index (κ1) is 11.6. The first-order valence-electron chi connectivity index (χ1n) is 1.43. The van der Waals surface area contributed by atoms with Crippen molar-refractivity contribution in [2.75, 3.05) is 13.4 Å². The summed E-state index contributed by atoms with van der Waals surface area (Å²) in [4.78, 5) is 0. The summed E-state index contributed by atoms with van der Waals surface area (Å²) < 4.78 is 5.19. The fraction of sp³-hybridized carbons (Fsp3) is 0.667. The molecule has 0 aliphatic carbocycles. The molecule has 0 atom stereocenters. The zero-order valence-electron chi connectivity index (χ0n) is 4.72. The molecule has 0 fully saturated rings. The Morgan fingerprint density at radius 2 is 2.14 bits per heavy atom. The molecule has 0 aromatic heterocycles. The molecule has 0 heterocycles. The molecule has 0 aromatic rings. The molecule has 0 rings (SSSR count). The molecular weight excluding hydrogens is 155 g/mol. The van der Waals surface area contributed by atoms with Crippen LogP contribution in [0.5, 0.6) is 0 Å². The van der Waals surface area contributed by atoms with Crippen LogP contribution in [0.4, 0.5) is 0 Å².